The van der Waals surface area contributed by atoms with Crippen molar-refractivity contribution in [3.63, 3.8) is 0 Å². The van der Waals surface area contributed by atoms with Crippen molar-refractivity contribution in [3.8, 4) is 0 Å². The molecule has 0 aliphatic rings. The molecule has 2 atom stereocenters. The molecule has 108 valence electrons. The first-order valence-electron chi connectivity index (χ1n) is 6.15. The van der Waals surface area contributed by atoms with E-state index in [1.165, 1.54) is 23.1 Å². The number of aromatic nitrogens is 1. The lowest BCUT2D eigenvalue weighted by Gasteiger charge is -2.21. The summed E-state index contributed by atoms with van der Waals surface area (Å²) in [4.78, 5) is 16.4. The number of aliphatic hydroxyl groups excluding tert-OH is 1. The number of carbonyl (C=O) groups excluding carboxylic acids is 1. The summed E-state index contributed by atoms with van der Waals surface area (Å²) in [6.07, 6.45) is 1.91. The van der Waals surface area contributed by atoms with E-state index in [2.05, 4.69) is 10.3 Å². The van der Waals surface area contributed by atoms with Gasteiger partial charge in [0.2, 0.25) is 0 Å². The highest BCUT2D eigenvalue weighted by Crippen LogP contribution is 2.24. The number of carbonyl (C=O) groups is 1. The van der Waals surface area contributed by atoms with Crippen LogP contribution >= 0.6 is 23.1 Å². The fourth-order valence-electron chi connectivity index (χ4n) is 1.90. The van der Waals surface area contributed by atoms with Crippen molar-refractivity contribution in [3.05, 3.63) is 23.8 Å². The van der Waals surface area contributed by atoms with Crippen LogP contribution in [0.3, 0.4) is 0 Å². The number of amides is 1. The molecule has 5 nitrogen and oxygen atoms in total. The second-order valence-electron chi connectivity index (χ2n) is 4.45. The van der Waals surface area contributed by atoms with Crippen LogP contribution in [-0.2, 0) is 0 Å². The Morgan fingerprint density at radius 3 is 3.00 bits per heavy atom. The zero-order valence-corrected chi connectivity index (χ0v) is 12.9. The lowest BCUT2D eigenvalue weighted by molar-refractivity contribution is 0.0936. The van der Waals surface area contributed by atoms with Gasteiger partial charge in [-0.3, -0.25) is 4.79 Å². The number of fused-ring (bicyclic) bond motifs is 1. The molecule has 20 heavy (non-hydrogen) atoms. The van der Waals surface area contributed by atoms with E-state index in [9.17, 15) is 9.90 Å². The Hall–Kier alpha value is -1.31. The van der Waals surface area contributed by atoms with Crippen molar-refractivity contribution in [2.24, 2.45) is 0 Å². The van der Waals surface area contributed by atoms with Gasteiger partial charge in [-0.1, -0.05) is 11.3 Å². The Morgan fingerprint density at radius 2 is 2.35 bits per heavy atom. The molecule has 0 spiro atoms. The van der Waals surface area contributed by atoms with Crippen LogP contribution in [0.5, 0.6) is 0 Å². The van der Waals surface area contributed by atoms with Gasteiger partial charge >= 0.3 is 0 Å². The summed E-state index contributed by atoms with van der Waals surface area (Å²) in [5, 5.41) is 12.6. The number of nitrogens with one attached hydrogen (secondary N) is 1. The molecule has 7 heteroatoms. The highest BCUT2D eigenvalue weighted by atomic mass is 32.2. The van der Waals surface area contributed by atoms with Crippen LogP contribution in [0, 0.1) is 0 Å². The third kappa shape index (κ3) is 3.23. The van der Waals surface area contributed by atoms with Crippen molar-refractivity contribution >= 4 is 44.4 Å². The van der Waals surface area contributed by atoms with Gasteiger partial charge < -0.3 is 16.2 Å². The standard InChI is InChI=1S/C13H17N3O2S2/c1-7(11(6-17)19-2)15-12(18)8-3-4-9-10(5-8)20-13(14)16-9/h3-5,7,11,17H,6H2,1-2H3,(H2,14,16)(H,15,18). The first-order valence-corrected chi connectivity index (χ1v) is 8.26. The van der Waals surface area contributed by atoms with Crippen LogP contribution in [0.2, 0.25) is 0 Å². The van der Waals surface area contributed by atoms with Crippen LogP contribution in [0.25, 0.3) is 10.2 Å². The summed E-state index contributed by atoms with van der Waals surface area (Å²) in [7, 11) is 0. The summed E-state index contributed by atoms with van der Waals surface area (Å²) >= 11 is 2.89. The van der Waals surface area contributed by atoms with E-state index in [1.807, 2.05) is 13.2 Å². The molecule has 1 heterocycles. The molecule has 2 aromatic rings. The molecule has 0 saturated heterocycles. The van der Waals surface area contributed by atoms with E-state index in [0.717, 1.165) is 10.2 Å². The van der Waals surface area contributed by atoms with Gasteiger partial charge in [0.15, 0.2) is 5.13 Å². The van der Waals surface area contributed by atoms with Gasteiger partial charge in [0.05, 0.1) is 16.8 Å². The van der Waals surface area contributed by atoms with E-state index < -0.39 is 0 Å². The van der Waals surface area contributed by atoms with Crippen molar-refractivity contribution in [1.82, 2.24) is 10.3 Å². The molecular weight excluding hydrogens is 294 g/mol. The zero-order chi connectivity index (χ0) is 14.7. The highest BCUT2D eigenvalue weighted by Gasteiger charge is 2.18. The number of aliphatic hydroxyl groups is 1. The number of thioether (sulfide) groups is 1. The predicted octanol–water partition coefficient (Wildman–Crippen LogP) is 1.72. The van der Waals surface area contributed by atoms with Gasteiger partial charge in [-0.2, -0.15) is 11.8 Å². The maximum Gasteiger partial charge on any atom is 0.251 e. The van der Waals surface area contributed by atoms with Gasteiger partial charge in [0.25, 0.3) is 5.91 Å². The van der Waals surface area contributed by atoms with Crippen molar-refractivity contribution in [2.75, 3.05) is 18.6 Å². The van der Waals surface area contributed by atoms with Gasteiger partial charge in [-0.25, -0.2) is 4.98 Å². The molecule has 0 bridgehead atoms. The first-order chi connectivity index (χ1) is 9.55. The number of nitrogen functional groups attached to an aromatic ring is 1. The average Bonchev–Trinajstić information content (AvgIpc) is 2.78. The Morgan fingerprint density at radius 1 is 1.60 bits per heavy atom. The van der Waals surface area contributed by atoms with Crippen LogP contribution < -0.4 is 11.1 Å². The number of benzene rings is 1. The summed E-state index contributed by atoms with van der Waals surface area (Å²) in [6, 6.07) is 5.21. The first kappa shape index (κ1) is 15.1. The predicted molar refractivity (Wildman–Crippen MR) is 85.3 cm³/mol. The zero-order valence-electron chi connectivity index (χ0n) is 11.3. The summed E-state index contributed by atoms with van der Waals surface area (Å²) in [5.74, 6) is -0.154. The van der Waals surface area contributed by atoms with Crippen molar-refractivity contribution in [2.45, 2.75) is 18.2 Å². The second kappa shape index (κ2) is 6.43. The molecule has 0 aliphatic carbocycles. The van der Waals surface area contributed by atoms with E-state index in [0.29, 0.717) is 10.7 Å². The molecule has 4 N–H and O–H groups in total. The number of hydrogen-bond donors (Lipinski definition) is 3. The molecular formula is C13H17N3O2S2. The van der Waals surface area contributed by atoms with Crippen LogP contribution in [-0.4, -0.2) is 40.2 Å². The minimum atomic E-state index is -0.154. The highest BCUT2D eigenvalue weighted by molar-refractivity contribution is 7.99. The van der Waals surface area contributed by atoms with Crippen LogP contribution in [0.15, 0.2) is 18.2 Å². The molecule has 2 unspecified atom stereocenters. The molecule has 0 aliphatic heterocycles. The maximum absolute atomic E-state index is 12.2. The minimum Gasteiger partial charge on any atom is -0.395 e. The summed E-state index contributed by atoms with van der Waals surface area (Å²) in [5.41, 5.74) is 7.02. The van der Waals surface area contributed by atoms with Crippen molar-refractivity contribution in [1.29, 1.82) is 0 Å². The smallest absolute Gasteiger partial charge is 0.251 e. The van der Waals surface area contributed by atoms with Crippen LogP contribution in [0.4, 0.5) is 5.13 Å². The lowest BCUT2D eigenvalue weighted by atomic mass is 10.1. The molecule has 1 aromatic carbocycles. The van der Waals surface area contributed by atoms with Gasteiger partial charge in [-0.15, -0.1) is 0 Å². The Balaban J connectivity index is 2.14. The molecule has 1 amide bonds. The second-order valence-corrected chi connectivity index (χ2v) is 6.59. The third-order valence-corrected chi connectivity index (χ3v) is 5.08. The summed E-state index contributed by atoms with van der Waals surface area (Å²) < 4.78 is 0.895. The SMILES string of the molecule is CSC(CO)C(C)NC(=O)c1ccc2nc(N)sc2c1. The minimum absolute atomic E-state index is 0.0123. The number of thiazole rings is 1. The van der Waals surface area contributed by atoms with Gasteiger partial charge in [0.1, 0.15) is 0 Å². The van der Waals surface area contributed by atoms with E-state index in [-0.39, 0.29) is 23.8 Å². The quantitative estimate of drug-likeness (QED) is 0.782. The van der Waals surface area contributed by atoms with Crippen LogP contribution in [0.1, 0.15) is 17.3 Å². The Bertz CT molecular complexity index is 611. The van der Waals surface area contributed by atoms with E-state index >= 15 is 0 Å². The molecule has 0 radical (unpaired) electrons. The Kier molecular flexibility index (Phi) is 4.85. The number of nitrogens with zero attached hydrogens (tertiary/aromatic N) is 1. The summed E-state index contributed by atoms with van der Waals surface area (Å²) in [6.45, 7) is 1.92. The molecule has 0 saturated carbocycles. The normalized spacial score (nSPS) is 14.2. The fraction of sp³-hybridized carbons (Fsp3) is 0.385. The molecule has 1 aromatic heterocycles. The number of anilines is 1. The molecule has 0 fully saturated rings. The number of hydrogen-bond acceptors (Lipinski definition) is 6. The van der Waals surface area contributed by atoms with Crippen molar-refractivity contribution < 1.29 is 9.90 Å². The Labute approximate surface area is 125 Å². The van der Waals surface area contributed by atoms with E-state index in [1.54, 1.807) is 18.2 Å². The number of nitrogens with two attached hydrogens (primary N) is 1. The molecule has 2 rings (SSSR count). The third-order valence-electron chi connectivity index (χ3n) is 3.07. The maximum atomic E-state index is 12.2. The average molecular weight is 311 g/mol. The van der Waals surface area contributed by atoms with Gasteiger partial charge in [0, 0.05) is 16.9 Å². The lowest BCUT2D eigenvalue weighted by Crippen LogP contribution is -2.41. The fourth-order valence-corrected chi connectivity index (χ4v) is 3.30. The largest absolute Gasteiger partial charge is 0.395 e. The number of rotatable bonds is 5. The monoisotopic (exact) mass is 311 g/mol. The topological polar surface area (TPSA) is 88.2 Å². The van der Waals surface area contributed by atoms with Gasteiger partial charge in [-0.05, 0) is 31.4 Å². The van der Waals surface area contributed by atoms with E-state index in [4.69, 9.17) is 5.73 Å².